The minimum absolute atomic E-state index is 0.556. The molecule has 4 rings (SSSR count). The van der Waals surface area contributed by atoms with Crippen LogP contribution >= 0.6 is 0 Å². The predicted octanol–water partition coefficient (Wildman–Crippen LogP) is 5.54. The van der Waals surface area contributed by atoms with Crippen molar-refractivity contribution in [3.8, 4) is 0 Å². The van der Waals surface area contributed by atoms with Crippen LogP contribution in [0.2, 0.25) is 0 Å². The number of para-hydroxylation sites is 2. The van der Waals surface area contributed by atoms with Crippen molar-refractivity contribution in [3.05, 3.63) is 109 Å². The average molecular weight is 353 g/mol. The summed E-state index contributed by atoms with van der Waals surface area (Å²) in [6.07, 6.45) is 7.07. The molecule has 1 atom stereocenters. The lowest BCUT2D eigenvalue weighted by Crippen LogP contribution is -2.46. The summed E-state index contributed by atoms with van der Waals surface area (Å²) in [7, 11) is 0. The normalized spacial score (nSPS) is 18.6. The van der Waals surface area contributed by atoms with Crippen molar-refractivity contribution in [2.45, 2.75) is 12.1 Å². The number of rotatable bonds is 5. The lowest BCUT2D eigenvalue weighted by Gasteiger charge is -2.30. The zero-order valence-corrected chi connectivity index (χ0v) is 15.1. The van der Waals surface area contributed by atoms with Crippen LogP contribution in [0.3, 0.4) is 0 Å². The Morgan fingerprint density at radius 2 is 1.30 bits per heavy atom. The van der Waals surface area contributed by atoms with Crippen molar-refractivity contribution in [1.29, 1.82) is 0 Å². The van der Waals surface area contributed by atoms with Crippen molar-refractivity contribution in [3.63, 3.8) is 0 Å². The molecule has 27 heavy (non-hydrogen) atoms. The Morgan fingerprint density at radius 1 is 0.704 bits per heavy atom. The second kappa shape index (κ2) is 7.52. The van der Waals surface area contributed by atoms with E-state index in [1.165, 1.54) is 11.1 Å². The van der Waals surface area contributed by atoms with E-state index in [0.717, 1.165) is 23.5 Å². The van der Waals surface area contributed by atoms with Gasteiger partial charge in [0.1, 0.15) is 5.66 Å². The summed E-state index contributed by atoms with van der Waals surface area (Å²) in [6, 6.07) is 28.7. The lowest BCUT2D eigenvalue weighted by molar-refractivity contribution is 0.608. The van der Waals surface area contributed by atoms with Crippen molar-refractivity contribution in [1.82, 2.24) is 0 Å². The number of hydrogen-bond acceptors (Lipinski definition) is 3. The van der Waals surface area contributed by atoms with E-state index in [9.17, 15) is 0 Å². The molecule has 3 aromatic carbocycles. The molecule has 1 aliphatic rings. The van der Waals surface area contributed by atoms with Crippen LogP contribution in [-0.2, 0) is 0 Å². The second-order valence-electron chi connectivity index (χ2n) is 6.80. The molecule has 0 amide bonds. The molecule has 0 saturated heterocycles. The van der Waals surface area contributed by atoms with Crippen LogP contribution in [0.1, 0.15) is 12.0 Å². The number of nitrogens with two attached hydrogens (primary N) is 1. The van der Waals surface area contributed by atoms with Crippen LogP contribution < -0.4 is 16.4 Å². The van der Waals surface area contributed by atoms with Crippen LogP contribution in [0.5, 0.6) is 0 Å². The number of benzene rings is 3. The first-order chi connectivity index (χ1) is 13.2. The quantitative estimate of drug-likeness (QED) is 0.528. The van der Waals surface area contributed by atoms with Crippen LogP contribution in [0.25, 0.3) is 5.57 Å². The Balaban J connectivity index is 1.42. The molecule has 4 N–H and O–H groups in total. The Labute approximate surface area is 160 Å². The SMILES string of the molecule is NC1(Nc2ccccc2)C=CC(c2ccc(Nc3ccccc3)cc2)=CC1. The predicted molar refractivity (Wildman–Crippen MR) is 115 cm³/mol. The van der Waals surface area contributed by atoms with E-state index >= 15 is 0 Å². The van der Waals surface area contributed by atoms with E-state index in [4.69, 9.17) is 5.73 Å². The van der Waals surface area contributed by atoms with Crippen molar-refractivity contribution >= 4 is 22.6 Å². The molecule has 1 aliphatic carbocycles. The van der Waals surface area contributed by atoms with Gasteiger partial charge in [-0.1, -0.05) is 60.7 Å². The van der Waals surface area contributed by atoms with E-state index in [1.807, 2.05) is 54.6 Å². The summed E-state index contributed by atoms with van der Waals surface area (Å²) >= 11 is 0. The molecule has 0 fully saturated rings. The van der Waals surface area contributed by atoms with Crippen molar-refractivity contribution in [2.75, 3.05) is 10.6 Å². The van der Waals surface area contributed by atoms with Gasteiger partial charge in [-0.3, -0.25) is 0 Å². The van der Waals surface area contributed by atoms with Gasteiger partial charge in [-0.15, -0.1) is 0 Å². The van der Waals surface area contributed by atoms with Crippen molar-refractivity contribution < 1.29 is 0 Å². The fraction of sp³-hybridized carbons (Fsp3) is 0.0833. The van der Waals surface area contributed by atoms with Gasteiger partial charge in [-0.25, -0.2) is 0 Å². The van der Waals surface area contributed by atoms with Gasteiger partial charge in [0.15, 0.2) is 0 Å². The zero-order chi connectivity index (χ0) is 18.5. The third kappa shape index (κ3) is 4.27. The molecule has 134 valence electrons. The number of allylic oxidation sites excluding steroid dienone is 2. The van der Waals surface area contributed by atoms with Gasteiger partial charge in [-0.05, 0) is 53.6 Å². The topological polar surface area (TPSA) is 50.1 Å². The van der Waals surface area contributed by atoms with Gasteiger partial charge in [0, 0.05) is 23.5 Å². The first kappa shape index (κ1) is 17.1. The summed E-state index contributed by atoms with van der Waals surface area (Å²) < 4.78 is 0. The van der Waals surface area contributed by atoms with E-state index in [2.05, 4.69) is 59.2 Å². The second-order valence-corrected chi connectivity index (χ2v) is 6.80. The first-order valence-electron chi connectivity index (χ1n) is 9.14. The van der Waals surface area contributed by atoms with Crippen LogP contribution in [0.15, 0.2) is 103 Å². The van der Waals surface area contributed by atoms with Gasteiger partial charge in [0.05, 0.1) is 0 Å². The number of nitrogens with one attached hydrogen (secondary N) is 2. The Kier molecular flexibility index (Phi) is 4.77. The largest absolute Gasteiger partial charge is 0.364 e. The standard InChI is InChI=1S/C24H23N3/c25-24(27-23-9-5-2-6-10-23)17-15-20(16-18-24)19-11-13-22(14-12-19)26-21-7-3-1-4-8-21/h1-17,26-27H,18,25H2. The Hall–Kier alpha value is -3.30. The van der Waals surface area contributed by atoms with Crippen LogP contribution in [-0.4, -0.2) is 5.66 Å². The highest BCUT2D eigenvalue weighted by atomic mass is 15.1. The van der Waals surface area contributed by atoms with Gasteiger partial charge < -0.3 is 16.4 Å². The summed E-state index contributed by atoms with van der Waals surface area (Å²) in [6.45, 7) is 0. The highest BCUT2D eigenvalue weighted by Crippen LogP contribution is 2.28. The molecule has 0 radical (unpaired) electrons. The average Bonchev–Trinajstić information content (AvgIpc) is 2.71. The van der Waals surface area contributed by atoms with E-state index < -0.39 is 5.66 Å². The van der Waals surface area contributed by atoms with Crippen LogP contribution in [0.4, 0.5) is 17.1 Å². The van der Waals surface area contributed by atoms with Crippen molar-refractivity contribution in [2.24, 2.45) is 5.73 Å². The van der Waals surface area contributed by atoms with Gasteiger partial charge >= 0.3 is 0 Å². The molecule has 0 aliphatic heterocycles. The summed E-state index contributed by atoms with van der Waals surface area (Å²) in [5.41, 5.74) is 11.5. The van der Waals surface area contributed by atoms with Gasteiger partial charge in [0.25, 0.3) is 0 Å². The Morgan fingerprint density at radius 3 is 1.89 bits per heavy atom. The molecule has 0 bridgehead atoms. The van der Waals surface area contributed by atoms with E-state index in [1.54, 1.807) is 0 Å². The molecule has 1 unspecified atom stereocenters. The summed E-state index contributed by atoms with van der Waals surface area (Å²) in [4.78, 5) is 0. The molecule has 0 spiro atoms. The van der Waals surface area contributed by atoms with Gasteiger partial charge in [-0.2, -0.15) is 0 Å². The minimum Gasteiger partial charge on any atom is -0.364 e. The third-order valence-corrected chi connectivity index (χ3v) is 4.65. The van der Waals surface area contributed by atoms with E-state index in [0.29, 0.717) is 0 Å². The fourth-order valence-corrected chi connectivity index (χ4v) is 3.18. The van der Waals surface area contributed by atoms with E-state index in [-0.39, 0.29) is 0 Å². The highest BCUT2D eigenvalue weighted by Gasteiger charge is 2.23. The molecular weight excluding hydrogens is 330 g/mol. The smallest absolute Gasteiger partial charge is 0.109 e. The molecular formula is C24H23N3. The number of hydrogen-bond donors (Lipinski definition) is 3. The molecule has 3 heteroatoms. The first-order valence-corrected chi connectivity index (χ1v) is 9.14. The number of anilines is 3. The molecule has 0 heterocycles. The lowest BCUT2D eigenvalue weighted by atomic mass is 9.93. The summed E-state index contributed by atoms with van der Waals surface area (Å²) in [5, 5.41) is 6.81. The maximum absolute atomic E-state index is 6.49. The fourth-order valence-electron chi connectivity index (χ4n) is 3.18. The molecule has 3 aromatic rings. The monoisotopic (exact) mass is 353 g/mol. The third-order valence-electron chi connectivity index (χ3n) is 4.65. The highest BCUT2D eigenvalue weighted by molar-refractivity contribution is 5.77. The summed E-state index contributed by atoms with van der Waals surface area (Å²) in [5.74, 6) is 0. The van der Waals surface area contributed by atoms with Crippen LogP contribution in [0, 0.1) is 0 Å². The molecule has 0 saturated carbocycles. The Bertz CT molecular complexity index is 944. The molecule has 0 aromatic heterocycles. The maximum atomic E-state index is 6.49. The zero-order valence-electron chi connectivity index (χ0n) is 15.1. The maximum Gasteiger partial charge on any atom is 0.109 e. The van der Waals surface area contributed by atoms with Gasteiger partial charge in [0.2, 0.25) is 0 Å². The molecule has 3 nitrogen and oxygen atoms in total. The minimum atomic E-state index is -0.556.